The molecular weight excluding hydrogens is 462 g/mol. The number of thiazole rings is 1. The van der Waals surface area contributed by atoms with Gasteiger partial charge in [-0.15, -0.1) is 11.3 Å². The Morgan fingerprint density at radius 3 is 2.37 bits per heavy atom. The van der Waals surface area contributed by atoms with Gasteiger partial charge in [0.15, 0.2) is 17.2 Å². The number of carbonyl (C=O) groups is 3. The predicted molar refractivity (Wildman–Crippen MR) is 132 cm³/mol. The van der Waals surface area contributed by atoms with Crippen molar-refractivity contribution in [2.24, 2.45) is 5.92 Å². The first-order chi connectivity index (χ1) is 17.0. The van der Waals surface area contributed by atoms with Crippen molar-refractivity contribution in [2.75, 3.05) is 26.2 Å². The lowest BCUT2D eigenvalue weighted by Gasteiger charge is -2.51. The largest absolute Gasteiger partial charge is 0.454 e. The summed E-state index contributed by atoms with van der Waals surface area (Å²) in [6.45, 7) is 2.80. The average molecular weight is 491 g/mol. The van der Waals surface area contributed by atoms with Crippen LogP contribution in [-0.4, -0.2) is 59.4 Å². The van der Waals surface area contributed by atoms with Crippen molar-refractivity contribution in [3.63, 3.8) is 0 Å². The first-order valence-electron chi connectivity index (χ1n) is 11.9. The molecule has 35 heavy (non-hydrogen) atoms. The van der Waals surface area contributed by atoms with Crippen molar-refractivity contribution >= 4 is 29.0 Å². The van der Waals surface area contributed by atoms with Gasteiger partial charge in [0.25, 0.3) is 5.91 Å². The third-order valence-corrected chi connectivity index (χ3v) is 7.95. The van der Waals surface area contributed by atoms with E-state index in [9.17, 15) is 14.4 Å². The van der Waals surface area contributed by atoms with Crippen LogP contribution in [0.25, 0.3) is 0 Å². The minimum Gasteiger partial charge on any atom is -0.454 e. The summed E-state index contributed by atoms with van der Waals surface area (Å²) >= 11 is 1.36. The fraction of sp³-hybridized carbons (Fsp3) is 0.333. The standard InChI is InChI=1S/C27H27N3O4S/c31-22(26-28-13-16-35-26)17-30-14-11-19(12-15-30)23(18-30)34-27(33)24(20-7-3-1-4-8-20)29-25(32)21-9-5-2-6-10-21/h1-10,13,16,19,23-24H,11-12,14-15,17-18H2/p+1/t19?,23-,24?,30?/m0/s1. The summed E-state index contributed by atoms with van der Waals surface area (Å²) in [5.41, 5.74) is 1.15. The molecule has 3 aliphatic heterocycles. The monoisotopic (exact) mass is 490 g/mol. The molecule has 6 rings (SSSR count). The molecule has 0 spiro atoms. The van der Waals surface area contributed by atoms with Crippen molar-refractivity contribution in [1.29, 1.82) is 0 Å². The van der Waals surface area contributed by atoms with E-state index in [-0.39, 0.29) is 23.7 Å². The van der Waals surface area contributed by atoms with Crippen LogP contribution in [0.5, 0.6) is 0 Å². The lowest BCUT2D eigenvalue weighted by molar-refractivity contribution is -0.938. The highest BCUT2D eigenvalue weighted by molar-refractivity contribution is 7.11. The van der Waals surface area contributed by atoms with Gasteiger partial charge in [-0.1, -0.05) is 48.5 Å². The third-order valence-electron chi connectivity index (χ3n) is 7.14. The molecule has 2 aromatic carbocycles. The van der Waals surface area contributed by atoms with Crippen LogP contribution in [0, 0.1) is 5.92 Å². The molecule has 3 aromatic rings. The molecule has 3 fully saturated rings. The number of ether oxygens (including phenoxy) is 1. The van der Waals surface area contributed by atoms with Crippen molar-refractivity contribution in [2.45, 2.75) is 25.0 Å². The van der Waals surface area contributed by atoms with Crippen LogP contribution in [-0.2, 0) is 9.53 Å². The Morgan fingerprint density at radius 2 is 1.71 bits per heavy atom. The van der Waals surface area contributed by atoms with E-state index in [0.29, 0.717) is 33.7 Å². The minimum atomic E-state index is -0.912. The Labute approximate surface area is 208 Å². The number of fused-ring (bicyclic) bond motifs is 3. The molecule has 0 saturated carbocycles. The van der Waals surface area contributed by atoms with Gasteiger partial charge in [-0.3, -0.25) is 9.59 Å². The van der Waals surface area contributed by atoms with E-state index in [4.69, 9.17) is 4.74 Å². The van der Waals surface area contributed by atoms with Crippen molar-refractivity contribution < 1.29 is 23.6 Å². The van der Waals surface area contributed by atoms with Gasteiger partial charge in [0.1, 0.15) is 13.1 Å². The number of nitrogens with zero attached hydrogens (tertiary/aromatic N) is 2. The number of benzene rings is 2. The molecule has 0 radical (unpaired) electrons. The lowest BCUT2D eigenvalue weighted by Crippen LogP contribution is -2.66. The van der Waals surface area contributed by atoms with Gasteiger partial charge in [0.05, 0.1) is 13.1 Å². The topological polar surface area (TPSA) is 85.4 Å². The molecular formula is C27H28N3O4S+. The summed E-state index contributed by atoms with van der Waals surface area (Å²) in [4.78, 5) is 43.3. The molecule has 3 saturated heterocycles. The van der Waals surface area contributed by atoms with Crippen LogP contribution in [0.15, 0.2) is 72.2 Å². The third kappa shape index (κ3) is 5.18. The number of rotatable bonds is 8. The number of hydrogen-bond donors (Lipinski definition) is 1. The van der Waals surface area contributed by atoms with E-state index in [0.717, 1.165) is 25.9 Å². The predicted octanol–water partition coefficient (Wildman–Crippen LogP) is 3.65. The fourth-order valence-electron chi connectivity index (χ4n) is 5.26. The SMILES string of the molecule is O=C(NC(C(=O)O[C@H]1C[N+]2(CC(=O)c3nccs3)CCC1CC2)c1ccccc1)c1ccccc1. The molecule has 3 aliphatic rings. The maximum atomic E-state index is 13.4. The van der Waals surface area contributed by atoms with Crippen LogP contribution in [0.2, 0.25) is 0 Å². The molecule has 1 unspecified atom stereocenters. The summed E-state index contributed by atoms with van der Waals surface area (Å²) < 4.78 is 6.71. The second-order valence-electron chi connectivity index (χ2n) is 9.39. The summed E-state index contributed by atoms with van der Waals surface area (Å²) in [6.07, 6.45) is 3.19. The van der Waals surface area contributed by atoms with Crippen LogP contribution < -0.4 is 5.32 Å². The first kappa shape index (κ1) is 23.4. The van der Waals surface area contributed by atoms with Crippen LogP contribution in [0.1, 0.15) is 44.6 Å². The van der Waals surface area contributed by atoms with Crippen molar-refractivity contribution in [3.8, 4) is 0 Å². The van der Waals surface area contributed by atoms with Gasteiger partial charge < -0.3 is 14.5 Å². The molecule has 1 amide bonds. The number of carbonyl (C=O) groups excluding carboxylic acids is 3. The molecule has 7 nitrogen and oxygen atoms in total. The molecule has 0 aliphatic carbocycles. The van der Waals surface area contributed by atoms with Gasteiger partial charge in [0.2, 0.25) is 5.78 Å². The summed E-state index contributed by atoms with van der Waals surface area (Å²) in [6, 6.07) is 17.1. The van der Waals surface area contributed by atoms with Gasteiger partial charge in [-0.2, -0.15) is 0 Å². The van der Waals surface area contributed by atoms with E-state index in [1.807, 2.05) is 41.8 Å². The molecule has 2 bridgehead atoms. The molecule has 1 N–H and O–H groups in total. The highest BCUT2D eigenvalue weighted by Gasteiger charge is 2.49. The summed E-state index contributed by atoms with van der Waals surface area (Å²) in [7, 11) is 0. The van der Waals surface area contributed by atoms with Crippen molar-refractivity contribution in [3.05, 3.63) is 88.4 Å². The number of aromatic nitrogens is 1. The van der Waals surface area contributed by atoms with E-state index in [1.54, 1.807) is 30.5 Å². The number of quaternary nitrogens is 1. The smallest absolute Gasteiger partial charge is 0.333 e. The second kappa shape index (κ2) is 10.1. The minimum absolute atomic E-state index is 0.0442. The molecule has 1 aromatic heterocycles. The summed E-state index contributed by atoms with van der Waals surface area (Å²) in [5, 5.41) is 5.21. The number of nitrogens with one attached hydrogen (secondary N) is 1. The Bertz CT molecular complexity index is 1180. The quantitative estimate of drug-likeness (QED) is 0.296. The Balaban J connectivity index is 1.31. The van der Waals surface area contributed by atoms with E-state index >= 15 is 0 Å². The number of ketones is 1. The van der Waals surface area contributed by atoms with Gasteiger partial charge in [-0.25, -0.2) is 9.78 Å². The van der Waals surface area contributed by atoms with E-state index in [2.05, 4.69) is 10.3 Å². The zero-order valence-electron chi connectivity index (χ0n) is 19.3. The molecule has 8 heteroatoms. The van der Waals surface area contributed by atoms with Gasteiger partial charge >= 0.3 is 5.97 Å². The number of piperidine rings is 3. The number of hydrogen-bond acceptors (Lipinski definition) is 6. The van der Waals surface area contributed by atoms with Crippen LogP contribution in [0.4, 0.5) is 0 Å². The average Bonchev–Trinajstić information content (AvgIpc) is 3.44. The molecule has 180 valence electrons. The van der Waals surface area contributed by atoms with E-state index in [1.165, 1.54) is 11.3 Å². The van der Waals surface area contributed by atoms with Gasteiger partial charge in [0, 0.05) is 35.9 Å². The zero-order valence-corrected chi connectivity index (χ0v) is 20.2. The number of amides is 1. The lowest BCUT2D eigenvalue weighted by atomic mass is 9.83. The zero-order chi connectivity index (χ0) is 24.3. The van der Waals surface area contributed by atoms with Gasteiger partial charge in [-0.05, 0) is 17.7 Å². The number of Topliss-reactive ketones (excluding diaryl/α,β-unsaturated/α-hetero) is 1. The van der Waals surface area contributed by atoms with Crippen molar-refractivity contribution in [1.82, 2.24) is 10.3 Å². The number of esters is 1. The fourth-order valence-corrected chi connectivity index (χ4v) is 5.82. The normalized spacial score (nSPS) is 23.9. The Hall–Kier alpha value is -3.36. The van der Waals surface area contributed by atoms with Crippen LogP contribution in [0.3, 0.4) is 0 Å². The second-order valence-corrected chi connectivity index (χ2v) is 10.3. The Kier molecular flexibility index (Phi) is 6.74. The first-order valence-corrected chi connectivity index (χ1v) is 12.8. The maximum Gasteiger partial charge on any atom is 0.333 e. The molecule has 4 heterocycles. The highest BCUT2D eigenvalue weighted by Crippen LogP contribution is 2.36. The summed E-state index contributed by atoms with van der Waals surface area (Å²) in [5.74, 6) is -0.482. The maximum absolute atomic E-state index is 13.4. The highest BCUT2D eigenvalue weighted by atomic mass is 32.1. The van der Waals surface area contributed by atoms with Crippen LogP contribution >= 0.6 is 11.3 Å². The van der Waals surface area contributed by atoms with E-state index < -0.39 is 12.0 Å². The Morgan fingerprint density at radius 1 is 1.03 bits per heavy atom. The molecule has 2 atom stereocenters.